The Morgan fingerprint density at radius 2 is 2.08 bits per heavy atom. The fourth-order valence-corrected chi connectivity index (χ4v) is 3.30. The molecule has 1 aliphatic rings. The lowest BCUT2D eigenvalue weighted by molar-refractivity contribution is -0.115. The molecule has 0 saturated heterocycles. The molecule has 0 radical (unpaired) electrons. The van der Waals surface area contributed by atoms with Crippen molar-refractivity contribution in [3.05, 3.63) is 64.5 Å². The summed E-state index contributed by atoms with van der Waals surface area (Å²) in [7, 11) is 0. The van der Waals surface area contributed by atoms with Crippen molar-refractivity contribution in [3.63, 3.8) is 0 Å². The van der Waals surface area contributed by atoms with Gasteiger partial charge in [0.05, 0.1) is 18.3 Å². The maximum atomic E-state index is 12.0. The average molecular weight is 367 g/mol. The number of nitrogens with one attached hydrogen (secondary N) is 2. The van der Waals surface area contributed by atoms with Crippen LogP contribution in [0.2, 0.25) is 0 Å². The van der Waals surface area contributed by atoms with Crippen LogP contribution in [-0.2, 0) is 17.8 Å². The van der Waals surface area contributed by atoms with Crippen LogP contribution in [0.1, 0.15) is 10.4 Å². The van der Waals surface area contributed by atoms with Gasteiger partial charge in [0, 0.05) is 11.4 Å². The van der Waals surface area contributed by atoms with Gasteiger partial charge in [0.25, 0.3) is 0 Å². The number of anilines is 2. The Kier molecular flexibility index (Phi) is 4.70. The molecule has 1 aromatic carbocycles. The molecule has 0 bridgehead atoms. The van der Waals surface area contributed by atoms with Gasteiger partial charge in [0.15, 0.2) is 11.5 Å². The number of aromatic nitrogens is 1. The molecule has 3 aromatic rings. The van der Waals surface area contributed by atoms with Gasteiger partial charge in [-0.25, -0.2) is 4.98 Å². The van der Waals surface area contributed by atoms with E-state index in [2.05, 4.69) is 15.6 Å². The number of carbonyl (C=O) groups excluding carboxylic acids is 1. The first-order valence-corrected chi connectivity index (χ1v) is 9.05. The Bertz CT molecular complexity index is 895. The number of amides is 1. The van der Waals surface area contributed by atoms with Crippen LogP contribution in [0.3, 0.4) is 0 Å². The van der Waals surface area contributed by atoms with Crippen molar-refractivity contribution in [1.82, 2.24) is 4.98 Å². The third kappa shape index (κ3) is 3.94. The Labute approximate surface area is 154 Å². The van der Waals surface area contributed by atoms with Crippen molar-refractivity contribution in [2.75, 3.05) is 17.4 Å². The van der Waals surface area contributed by atoms with Crippen LogP contribution in [0.25, 0.3) is 0 Å². The molecule has 0 unspecified atom stereocenters. The van der Waals surface area contributed by atoms with Crippen molar-refractivity contribution < 1.29 is 14.3 Å². The summed E-state index contributed by atoms with van der Waals surface area (Å²) >= 11 is 1.57. The minimum absolute atomic E-state index is 0.0460. The van der Waals surface area contributed by atoms with Gasteiger partial charge in [-0.15, -0.1) is 11.3 Å². The summed E-state index contributed by atoms with van der Waals surface area (Å²) in [6.45, 7) is 0.890. The minimum Gasteiger partial charge on any atom is -0.454 e. The van der Waals surface area contributed by atoms with E-state index >= 15 is 0 Å². The van der Waals surface area contributed by atoms with E-state index in [0.29, 0.717) is 18.7 Å². The first kappa shape index (κ1) is 16.4. The number of benzene rings is 1. The summed E-state index contributed by atoms with van der Waals surface area (Å²) in [6.07, 6.45) is 2.02. The Hall–Kier alpha value is -3.06. The zero-order valence-corrected chi connectivity index (χ0v) is 14.7. The van der Waals surface area contributed by atoms with Gasteiger partial charge in [0.1, 0.15) is 5.82 Å². The smallest absolute Gasteiger partial charge is 0.231 e. The van der Waals surface area contributed by atoms with Gasteiger partial charge in [-0.1, -0.05) is 12.1 Å². The highest BCUT2D eigenvalue weighted by Crippen LogP contribution is 2.32. The molecule has 26 heavy (non-hydrogen) atoms. The molecule has 0 atom stereocenters. The molecule has 0 saturated carbocycles. The second-order valence-electron chi connectivity index (χ2n) is 5.78. The van der Waals surface area contributed by atoms with E-state index in [4.69, 9.17) is 9.47 Å². The number of nitrogens with zero attached hydrogens (tertiary/aromatic N) is 1. The van der Waals surface area contributed by atoms with Gasteiger partial charge in [-0.2, -0.15) is 0 Å². The second kappa shape index (κ2) is 7.45. The summed E-state index contributed by atoms with van der Waals surface area (Å²) in [5, 5.41) is 8.07. The van der Waals surface area contributed by atoms with Crippen molar-refractivity contribution in [2.24, 2.45) is 0 Å². The zero-order chi connectivity index (χ0) is 17.8. The predicted molar refractivity (Wildman–Crippen MR) is 101 cm³/mol. The maximum absolute atomic E-state index is 12.0. The van der Waals surface area contributed by atoms with Crippen LogP contribution in [-0.4, -0.2) is 17.7 Å². The lowest BCUT2D eigenvalue weighted by Gasteiger charge is -2.08. The third-order valence-electron chi connectivity index (χ3n) is 3.87. The maximum Gasteiger partial charge on any atom is 0.231 e. The lowest BCUT2D eigenvalue weighted by atomic mass is 10.2. The molecule has 2 aromatic heterocycles. The highest BCUT2D eigenvalue weighted by Gasteiger charge is 2.13. The van der Waals surface area contributed by atoms with Crippen LogP contribution in [0.5, 0.6) is 11.5 Å². The highest BCUT2D eigenvalue weighted by atomic mass is 32.1. The normalized spacial score (nSPS) is 12.0. The van der Waals surface area contributed by atoms with Gasteiger partial charge >= 0.3 is 0 Å². The van der Waals surface area contributed by atoms with E-state index in [1.165, 1.54) is 0 Å². The molecule has 3 heterocycles. The fraction of sp³-hybridized carbons (Fsp3) is 0.158. The van der Waals surface area contributed by atoms with Crippen LogP contribution in [0.15, 0.2) is 54.0 Å². The van der Waals surface area contributed by atoms with Crippen molar-refractivity contribution in [1.29, 1.82) is 0 Å². The fourth-order valence-electron chi connectivity index (χ4n) is 2.59. The van der Waals surface area contributed by atoms with Gasteiger partial charge in [-0.3, -0.25) is 4.79 Å². The largest absolute Gasteiger partial charge is 0.454 e. The summed E-state index contributed by atoms with van der Waals surface area (Å²) in [5.41, 5.74) is 1.75. The predicted octanol–water partition coefficient (Wildman–Crippen LogP) is 3.67. The van der Waals surface area contributed by atoms with Gasteiger partial charge in [0.2, 0.25) is 12.7 Å². The number of pyridine rings is 1. The highest BCUT2D eigenvalue weighted by molar-refractivity contribution is 7.10. The number of hydrogen-bond acceptors (Lipinski definition) is 6. The van der Waals surface area contributed by atoms with Crippen molar-refractivity contribution >= 4 is 28.7 Å². The zero-order valence-electron chi connectivity index (χ0n) is 13.9. The quantitative estimate of drug-likeness (QED) is 0.696. The molecule has 2 N–H and O–H groups in total. The molecule has 132 valence electrons. The number of carbonyl (C=O) groups is 1. The monoisotopic (exact) mass is 367 g/mol. The molecule has 0 spiro atoms. The second-order valence-corrected chi connectivity index (χ2v) is 6.81. The van der Waals surface area contributed by atoms with E-state index in [1.54, 1.807) is 17.5 Å². The molecular weight excluding hydrogens is 350 g/mol. The molecule has 7 heteroatoms. The van der Waals surface area contributed by atoms with Gasteiger partial charge in [-0.05, 0) is 41.3 Å². The molecule has 1 amide bonds. The summed E-state index contributed by atoms with van der Waals surface area (Å²) in [4.78, 5) is 17.4. The molecule has 4 rings (SSSR count). The third-order valence-corrected chi connectivity index (χ3v) is 4.75. The number of thiophene rings is 1. The molecular formula is C19H17N3O3S. The minimum atomic E-state index is -0.0460. The topological polar surface area (TPSA) is 72.5 Å². The van der Waals surface area contributed by atoms with Crippen molar-refractivity contribution in [2.45, 2.75) is 13.0 Å². The number of hydrogen-bond donors (Lipinski definition) is 2. The van der Waals surface area contributed by atoms with E-state index in [0.717, 1.165) is 27.8 Å². The summed E-state index contributed by atoms with van der Waals surface area (Å²) in [6, 6.07) is 13.4. The van der Waals surface area contributed by atoms with Crippen LogP contribution >= 0.6 is 11.3 Å². The van der Waals surface area contributed by atoms with Crippen LogP contribution in [0, 0.1) is 0 Å². The molecule has 0 fully saturated rings. The van der Waals surface area contributed by atoms with E-state index in [-0.39, 0.29) is 12.7 Å². The Morgan fingerprint density at radius 3 is 2.88 bits per heavy atom. The summed E-state index contributed by atoms with van der Waals surface area (Å²) < 4.78 is 10.7. The van der Waals surface area contributed by atoms with E-state index < -0.39 is 0 Å². The number of fused-ring (bicyclic) bond motifs is 1. The SMILES string of the molecule is O=C(Cc1cccs1)Nc1ccc(NCc2ccc3c(c2)OCO3)nc1. The standard InChI is InChI=1S/C19H17N3O3S/c23-19(9-15-2-1-7-26-15)22-14-4-6-18(21-11-14)20-10-13-3-5-16-17(8-13)25-12-24-16/h1-8,11H,9-10,12H2,(H,20,21)(H,22,23). The molecule has 1 aliphatic heterocycles. The van der Waals surface area contributed by atoms with E-state index in [9.17, 15) is 4.79 Å². The van der Waals surface area contributed by atoms with Crippen molar-refractivity contribution in [3.8, 4) is 11.5 Å². The molecule has 0 aliphatic carbocycles. The van der Waals surface area contributed by atoms with Crippen LogP contribution in [0.4, 0.5) is 11.5 Å². The summed E-state index contributed by atoms with van der Waals surface area (Å²) in [5.74, 6) is 2.23. The molecule has 6 nitrogen and oxygen atoms in total. The van der Waals surface area contributed by atoms with E-state index in [1.807, 2.05) is 47.8 Å². The Balaban J connectivity index is 1.30. The van der Waals surface area contributed by atoms with Crippen LogP contribution < -0.4 is 20.1 Å². The Morgan fingerprint density at radius 1 is 1.15 bits per heavy atom. The first-order chi connectivity index (χ1) is 12.8. The first-order valence-electron chi connectivity index (χ1n) is 8.17. The average Bonchev–Trinajstić information content (AvgIpc) is 3.32. The number of ether oxygens (including phenoxy) is 2. The van der Waals surface area contributed by atoms with Gasteiger partial charge < -0.3 is 20.1 Å². The lowest BCUT2D eigenvalue weighted by Crippen LogP contribution is -2.14. The number of rotatable bonds is 6.